The van der Waals surface area contributed by atoms with Crippen LogP contribution in [-0.4, -0.2) is 31.7 Å². The molecule has 26 heavy (non-hydrogen) atoms. The monoisotopic (exact) mass is 392 g/mol. The van der Waals surface area contributed by atoms with Gasteiger partial charge in [0, 0.05) is 35.3 Å². The fourth-order valence-corrected chi connectivity index (χ4v) is 4.72. The van der Waals surface area contributed by atoms with Gasteiger partial charge in [0.1, 0.15) is 0 Å². The van der Waals surface area contributed by atoms with Crippen molar-refractivity contribution in [3.8, 4) is 0 Å². The number of hydrogen-bond acceptors (Lipinski definition) is 5. The van der Waals surface area contributed by atoms with Crippen LogP contribution in [0.15, 0.2) is 29.2 Å². The number of imidazole rings is 1. The zero-order valence-electron chi connectivity index (χ0n) is 14.4. The molecule has 2 aromatic heterocycles. The van der Waals surface area contributed by atoms with Crippen LogP contribution in [-0.2, 0) is 13.0 Å². The summed E-state index contributed by atoms with van der Waals surface area (Å²) in [4.78, 5) is 20.3. The number of halogens is 1. The van der Waals surface area contributed by atoms with Gasteiger partial charge < -0.3 is 15.4 Å². The van der Waals surface area contributed by atoms with Crippen molar-refractivity contribution < 1.29 is 5.11 Å². The summed E-state index contributed by atoms with van der Waals surface area (Å²) in [5.41, 5.74) is 2.29. The third kappa shape index (κ3) is 3.32. The molecule has 3 atom stereocenters. The maximum atomic E-state index is 12.2. The first kappa shape index (κ1) is 17.7. The molecule has 3 aromatic rings. The first-order chi connectivity index (χ1) is 12.5. The van der Waals surface area contributed by atoms with Crippen molar-refractivity contribution in [2.75, 3.05) is 0 Å². The number of H-pyrrole nitrogens is 1. The molecular formula is C18H21ClN4O2S. The van der Waals surface area contributed by atoms with Gasteiger partial charge in [-0.3, -0.25) is 4.57 Å². The van der Waals surface area contributed by atoms with Crippen molar-refractivity contribution in [3.05, 3.63) is 49.8 Å². The Labute approximate surface area is 159 Å². The lowest BCUT2D eigenvalue weighted by Gasteiger charge is -2.26. The fraction of sp³-hybridized carbons (Fsp3) is 0.444. The molecule has 0 saturated heterocycles. The van der Waals surface area contributed by atoms with E-state index >= 15 is 0 Å². The van der Waals surface area contributed by atoms with Crippen molar-refractivity contribution in [1.82, 2.24) is 19.9 Å². The quantitative estimate of drug-likeness (QED) is 0.623. The Balaban J connectivity index is 1.49. The van der Waals surface area contributed by atoms with Crippen LogP contribution in [0.5, 0.6) is 0 Å². The van der Waals surface area contributed by atoms with Crippen LogP contribution in [0.4, 0.5) is 0 Å². The third-order valence-corrected chi connectivity index (χ3v) is 6.21. The third-order valence-electron chi connectivity index (χ3n) is 5.04. The minimum atomic E-state index is -0.650. The Morgan fingerprint density at radius 3 is 3.15 bits per heavy atom. The lowest BCUT2D eigenvalue weighted by Crippen LogP contribution is -2.41. The summed E-state index contributed by atoms with van der Waals surface area (Å²) in [5.74, 6) is 0. The molecule has 0 fully saturated rings. The van der Waals surface area contributed by atoms with E-state index in [0.717, 1.165) is 34.3 Å². The first-order valence-electron chi connectivity index (χ1n) is 8.78. The summed E-state index contributed by atoms with van der Waals surface area (Å²) in [7, 11) is 0. The molecule has 0 radical (unpaired) electrons. The van der Waals surface area contributed by atoms with Crippen LogP contribution in [0.2, 0.25) is 4.47 Å². The van der Waals surface area contributed by atoms with Crippen LogP contribution < -0.4 is 11.0 Å². The number of benzene rings is 1. The van der Waals surface area contributed by atoms with Crippen molar-refractivity contribution in [2.24, 2.45) is 0 Å². The normalized spacial score (nSPS) is 21.0. The predicted molar refractivity (Wildman–Crippen MR) is 104 cm³/mol. The maximum absolute atomic E-state index is 12.2. The van der Waals surface area contributed by atoms with E-state index in [1.165, 1.54) is 11.3 Å². The van der Waals surface area contributed by atoms with Gasteiger partial charge in [-0.15, -0.1) is 11.3 Å². The van der Waals surface area contributed by atoms with Crippen LogP contribution in [0.1, 0.15) is 36.3 Å². The Morgan fingerprint density at radius 2 is 2.38 bits per heavy atom. The smallest absolute Gasteiger partial charge is 0.326 e. The van der Waals surface area contributed by atoms with Gasteiger partial charge in [-0.25, -0.2) is 9.78 Å². The zero-order valence-corrected chi connectivity index (χ0v) is 16.0. The second-order valence-electron chi connectivity index (χ2n) is 6.85. The van der Waals surface area contributed by atoms with Crippen molar-refractivity contribution in [1.29, 1.82) is 0 Å². The molecule has 0 bridgehead atoms. The van der Waals surface area contributed by atoms with E-state index < -0.39 is 6.10 Å². The second kappa shape index (κ2) is 7.15. The van der Waals surface area contributed by atoms with E-state index in [9.17, 15) is 9.90 Å². The molecule has 0 aliphatic carbocycles. The molecule has 0 amide bonds. The number of aromatic amines is 1. The van der Waals surface area contributed by atoms with Crippen LogP contribution in [0.3, 0.4) is 0 Å². The van der Waals surface area contributed by atoms with Gasteiger partial charge in [0.15, 0.2) is 4.47 Å². The number of nitrogens with zero attached hydrogens (tertiary/aromatic N) is 2. The van der Waals surface area contributed by atoms with E-state index in [2.05, 4.69) is 22.2 Å². The molecule has 1 aromatic carbocycles. The Hall–Kier alpha value is -1.67. The van der Waals surface area contributed by atoms with Gasteiger partial charge in [0.05, 0.1) is 17.1 Å². The van der Waals surface area contributed by atoms with Gasteiger partial charge in [-0.1, -0.05) is 23.7 Å². The number of hydrogen-bond donors (Lipinski definition) is 3. The second-order valence-corrected chi connectivity index (χ2v) is 8.55. The Morgan fingerprint density at radius 1 is 1.54 bits per heavy atom. The van der Waals surface area contributed by atoms with Crippen molar-refractivity contribution >= 4 is 34.0 Å². The maximum Gasteiger partial charge on any atom is 0.326 e. The molecule has 3 unspecified atom stereocenters. The fourth-order valence-electron chi connectivity index (χ4n) is 3.72. The molecule has 6 nitrogen and oxygen atoms in total. The summed E-state index contributed by atoms with van der Waals surface area (Å²) in [6.45, 7) is 2.70. The predicted octanol–water partition coefficient (Wildman–Crippen LogP) is 2.86. The first-order valence-corrected chi connectivity index (χ1v) is 9.98. The summed E-state index contributed by atoms with van der Waals surface area (Å²) >= 11 is 7.39. The zero-order chi connectivity index (χ0) is 18.3. The highest BCUT2D eigenvalue weighted by molar-refractivity contribution is 7.15. The Bertz CT molecular complexity index is 979. The molecule has 8 heteroatoms. The van der Waals surface area contributed by atoms with E-state index in [1.54, 1.807) is 4.57 Å². The van der Waals surface area contributed by atoms with Crippen molar-refractivity contribution in [2.45, 2.75) is 50.9 Å². The van der Waals surface area contributed by atoms with Crippen LogP contribution in [0.25, 0.3) is 11.0 Å². The average molecular weight is 393 g/mol. The number of thiazole rings is 1. The molecular weight excluding hydrogens is 372 g/mol. The standard InChI is InChI=1S/C18H21ClN4O2S/c1-10(5-6-11-9-20-17(19)26-11)21-14-7-8-23-15-12(16(14)24)3-2-4-13(15)22-18(23)25/h2-4,9-10,14,16,21,24H,5-8H2,1H3,(H,22,25). The molecule has 3 N–H and O–H groups in total. The number of aliphatic hydroxyl groups excluding tert-OH is 1. The molecule has 1 aliphatic heterocycles. The van der Waals surface area contributed by atoms with E-state index in [-0.39, 0.29) is 17.8 Å². The summed E-state index contributed by atoms with van der Waals surface area (Å²) in [6.07, 6.45) is 3.69. The lowest BCUT2D eigenvalue weighted by molar-refractivity contribution is 0.119. The molecule has 0 saturated carbocycles. The van der Waals surface area contributed by atoms with Gasteiger partial charge in [0.25, 0.3) is 0 Å². The van der Waals surface area contributed by atoms with E-state index in [4.69, 9.17) is 11.6 Å². The van der Waals surface area contributed by atoms with Crippen molar-refractivity contribution in [3.63, 3.8) is 0 Å². The van der Waals surface area contributed by atoms with Crippen LogP contribution in [0, 0.1) is 0 Å². The van der Waals surface area contributed by atoms with E-state index in [1.807, 2.05) is 24.4 Å². The SMILES string of the molecule is CC(CCc1cnc(Cl)s1)NC1CCn2c(=O)[nH]c3cccc(c32)C1O. The molecule has 4 rings (SSSR count). The summed E-state index contributed by atoms with van der Waals surface area (Å²) in [5, 5.41) is 14.5. The largest absolute Gasteiger partial charge is 0.387 e. The van der Waals surface area contributed by atoms with Gasteiger partial charge in [-0.2, -0.15) is 0 Å². The van der Waals surface area contributed by atoms with Crippen LogP contribution >= 0.6 is 22.9 Å². The number of para-hydroxylation sites is 1. The van der Waals surface area contributed by atoms with Gasteiger partial charge >= 0.3 is 5.69 Å². The number of aromatic nitrogens is 3. The minimum absolute atomic E-state index is 0.0973. The lowest BCUT2D eigenvalue weighted by atomic mass is 9.98. The molecule has 3 heterocycles. The molecule has 1 aliphatic rings. The minimum Gasteiger partial charge on any atom is -0.387 e. The van der Waals surface area contributed by atoms with Gasteiger partial charge in [-0.05, 0) is 32.3 Å². The topological polar surface area (TPSA) is 82.9 Å². The highest BCUT2D eigenvalue weighted by atomic mass is 35.5. The summed E-state index contributed by atoms with van der Waals surface area (Å²) < 4.78 is 2.31. The number of aryl methyl sites for hydroxylation is 2. The number of aliphatic hydroxyl groups is 1. The highest BCUT2D eigenvalue weighted by Gasteiger charge is 2.29. The van der Waals surface area contributed by atoms with E-state index in [0.29, 0.717) is 17.4 Å². The summed E-state index contributed by atoms with van der Waals surface area (Å²) in [6, 6.07) is 5.78. The molecule has 138 valence electrons. The number of rotatable bonds is 5. The van der Waals surface area contributed by atoms with Gasteiger partial charge in [0.2, 0.25) is 0 Å². The average Bonchev–Trinajstić information content (AvgIpc) is 3.14. The molecule has 0 spiro atoms. The Kier molecular flexibility index (Phi) is 4.88. The number of nitrogens with one attached hydrogen (secondary N) is 2. The highest BCUT2D eigenvalue weighted by Crippen LogP contribution is 2.30.